The molecule has 1 atom stereocenters. The van der Waals surface area contributed by atoms with Gasteiger partial charge in [-0.05, 0) is 30.7 Å². The number of nitrogens with two attached hydrogens (primary N) is 1. The Balaban J connectivity index is 1.79. The first-order valence-electron chi connectivity index (χ1n) is 8.52. The fourth-order valence-electron chi connectivity index (χ4n) is 3.30. The number of ether oxygens (including phenoxy) is 1. The molecule has 1 aliphatic heterocycles. The minimum absolute atomic E-state index is 0.213. The summed E-state index contributed by atoms with van der Waals surface area (Å²) < 4.78 is 19.2. The predicted molar refractivity (Wildman–Crippen MR) is 101 cm³/mol. The molecule has 27 heavy (non-hydrogen) atoms. The molecule has 1 aromatic carbocycles. The molecule has 4 rings (SSSR count). The van der Waals surface area contributed by atoms with Crippen molar-refractivity contribution in [2.75, 3.05) is 12.8 Å². The van der Waals surface area contributed by atoms with Gasteiger partial charge in [-0.15, -0.1) is 0 Å². The number of methoxy groups -OCH3 is 1. The third kappa shape index (κ3) is 3.23. The number of hydrogen-bond donors (Lipinski definition) is 1. The second-order valence-electron chi connectivity index (χ2n) is 6.32. The van der Waals surface area contributed by atoms with Gasteiger partial charge in [-0.25, -0.2) is 19.3 Å². The zero-order chi connectivity index (χ0) is 19.0. The number of aliphatic imine (C=N–C) groups is 1. The normalized spacial score (nSPS) is 15.4. The highest BCUT2D eigenvalue weighted by atomic mass is 19.1. The number of aromatic nitrogens is 3. The molecular formula is C20H18FN5O. The molecule has 1 unspecified atom stereocenters. The van der Waals surface area contributed by atoms with E-state index in [1.165, 1.54) is 12.1 Å². The van der Waals surface area contributed by atoms with Gasteiger partial charge in [0.2, 0.25) is 11.8 Å². The van der Waals surface area contributed by atoms with Crippen molar-refractivity contribution >= 4 is 12.2 Å². The molecule has 1 aliphatic rings. The van der Waals surface area contributed by atoms with Gasteiger partial charge >= 0.3 is 0 Å². The number of aryl methyl sites for hydroxylation is 1. The summed E-state index contributed by atoms with van der Waals surface area (Å²) in [5.41, 5.74) is 10.5. The molecule has 0 amide bonds. The number of anilines is 1. The monoisotopic (exact) mass is 363 g/mol. The van der Waals surface area contributed by atoms with Gasteiger partial charge in [0.15, 0.2) is 0 Å². The summed E-state index contributed by atoms with van der Waals surface area (Å²) in [7, 11) is 1.55. The summed E-state index contributed by atoms with van der Waals surface area (Å²) in [5.74, 6) is 0.381. The first-order chi connectivity index (χ1) is 13.0. The van der Waals surface area contributed by atoms with Gasteiger partial charge in [0.05, 0.1) is 30.2 Å². The van der Waals surface area contributed by atoms with Crippen molar-refractivity contribution in [1.29, 1.82) is 0 Å². The van der Waals surface area contributed by atoms with Crippen LogP contribution >= 0.6 is 0 Å². The van der Waals surface area contributed by atoms with Crippen LogP contribution in [0.4, 0.5) is 10.3 Å². The second kappa shape index (κ2) is 6.75. The Bertz CT molecular complexity index is 1050. The van der Waals surface area contributed by atoms with Crippen LogP contribution in [0.2, 0.25) is 0 Å². The maximum atomic E-state index is 14.0. The van der Waals surface area contributed by atoms with Crippen molar-refractivity contribution in [3.05, 3.63) is 64.7 Å². The highest BCUT2D eigenvalue weighted by Gasteiger charge is 2.23. The van der Waals surface area contributed by atoms with Crippen molar-refractivity contribution in [2.45, 2.75) is 19.4 Å². The summed E-state index contributed by atoms with van der Waals surface area (Å²) >= 11 is 0. The summed E-state index contributed by atoms with van der Waals surface area (Å²) in [6.45, 7) is 1.88. The number of benzene rings is 1. The van der Waals surface area contributed by atoms with E-state index in [1.54, 1.807) is 25.5 Å². The van der Waals surface area contributed by atoms with Gasteiger partial charge in [0.25, 0.3) is 0 Å². The third-order valence-electron chi connectivity index (χ3n) is 4.59. The van der Waals surface area contributed by atoms with E-state index in [-0.39, 0.29) is 17.8 Å². The van der Waals surface area contributed by atoms with Crippen LogP contribution in [0, 0.1) is 12.7 Å². The fraction of sp³-hybridized carbons (Fsp3) is 0.200. The molecule has 3 heterocycles. The zero-order valence-corrected chi connectivity index (χ0v) is 15.0. The van der Waals surface area contributed by atoms with E-state index < -0.39 is 0 Å². The maximum Gasteiger partial charge on any atom is 0.220 e. The summed E-state index contributed by atoms with van der Waals surface area (Å²) in [5, 5.41) is 0. The van der Waals surface area contributed by atoms with Gasteiger partial charge < -0.3 is 10.5 Å². The average Bonchev–Trinajstić information content (AvgIpc) is 2.67. The van der Waals surface area contributed by atoms with E-state index in [0.717, 1.165) is 22.5 Å². The van der Waals surface area contributed by atoms with Crippen LogP contribution in [0.1, 0.15) is 28.6 Å². The highest BCUT2D eigenvalue weighted by Crippen LogP contribution is 2.35. The number of nitrogens with zero attached hydrogens (tertiary/aromatic N) is 4. The molecule has 0 aliphatic carbocycles. The highest BCUT2D eigenvalue weighted by molar-refractivity contribution is 5.84. The van der Waals surface area contributed by atoms with Crippen LogP contribution in [0.5, 0.6) is 5.88 Å². The van der Waals surface area contributed by atoms with Crippen molar-refractivity contribution in [2.24, 2.45) is 4.99 Å². The van der Waals surface area contributed by atoms with Crippen molar-refractivity contribution < 1.29 is 9.13 Å². The van der Waals surface area contributed by atoms with Crippen molar-refractivity contribution in [3.63, 3.8) is 0 Å². The lowest BCUT2D eigenvalue weighted by molar-refractivity contribution is 0.398. The Kier molecular flexibility index (Phi) is 4.27. The number of pyridine rings is 1. The predicted octanol–water partition coefficient (Wildman–Crippen LogP) is 3.29. The van der Waals surface area contributed by atoms with Crippen LogP contribution in [0.25, 0.3) is 11.3 Å². The molecular weight excluding hydrogens is 345 g/mol. The number of rotatable bonds is 3. The lowest BCUT2D eigenvalue weighted by Crippen LogP contribution is -2.15. The standard InChI is InChI=1S/C20H18FN5O/c1-11-15-10-23-17(9-18(15)26-20(22)24-11)13-7-6-12(21)8-14(13)16-4-3-5-19(25-16)27-2/h3-8,10,17H,9H2,1-2H3,(H2,22,24,26). The molecule has 136 valence electrons. The molecule has 0 radical (unpaired) electrons. The molecule has 0 fully saturated rings. The Morgan fingerprint density at radius 2 is 2.00 bits per heavy atom. The molecule has 0 bridgehead atoms. The van der Waals surface area contributed by atoms with Gasteiger partial charge in [0, 0.05) is 29.8 Å². The summed E-state index contributed by atoms with van der Waals surface area (Å²) in [4.78, 5) is 17.7. The van der Waals surface area contributed by atoms with E-state index in [0.29, 0.717) is 23.6 Å². The summed E-state index contributed by atoms with van der Waals surface area (Å²) in [6, 6.07) is 9.84. The molecule has 0 saturated carbocycles. The zero-order valence-electron chi connectivity index (χ0n) is 15.0. The van der Waals surface area contributed by atoms with E-state index in [4.69, 9.17) is 10.5 Å². The molecule has 2 N–H and O–H groups in total. The Morgan fingerprint density at radius 1 is 1.15 bits per heavy atom. The van der Waals surface area contributed by atoms with E-state index in [2.05, 4.69) is 19.9 Å². The van der Waals surface area contributed by atoms with Crippen molar-refractivity contribution in [1.82, 2.24) is 15.0 Å². The van der Waals surface area contributed by atoms with Crippen LogP contribution in [-0.2, 0) is 6.42 Å². The largest absolute Gasteiger partial charge is 0.481 e. The molecule has 3 aromatic rings. The molecule has 0 saturated heterocycles. The first kappa shape index (κ1) is 17.1. The molecule has 6 nitrogen and oxygen atoms in total. The third-order valence-corrected chi connectivity index (χ3v) is 4.59. The quantitative estimate of drug-likeness (QED) is 0.772. The maximum absolute atomic E-state index is 14.0. The molecule has 7 heteroatoms. The van der Waals surface area contributed by atoms with Gasteiger partial charge in [-0.2, -0.15) is 0 Å². The average molecular weight is 363 g/mol. The Labute approximate surface area is 156 Å². The fourth-order valence-corrected chi connectivity index (χ4v) is 3.30. The molecule has 0 spiro atoms. The van der Waals surface area contributed by atoms with E-state index in [9.17, 15) is 4.39 Å². The minimum atomic E-state index is -0.332. The number of nitrogen functional groups attached to an aromatic ring is 1. The lowest BCUT2D eigenvalue weighted by atomic mass is 9.92. The summed E-state index contributed by atoms with van der Waals surface area (Å²) in [6.07, 6.45) is 2.33. The Morgan fingerprint density at radius 3 is 2.81 bits per heavy atom. The SMILES string of the molecule is COc1cccc(-c2cc(F)ccc2C2Cc3nc(N)nc(C)c3C=N2)n1. The topological polar surface area (TPSA) is 86.3 Å². The number of fused-ring (bicyclic) bond motifs is 1. The Hall–Kier alpha value is -3.35. The minimum Gasteiger partial charge on any atom is -0.481 e. The number of halogens is 1. The first-order valence-corrected chi connectivity index (χ1v) is 8.52. The van der Waals surface area contributed by atoms with Gasteiger partial charge in [-0.1, -0.05) is 12.1 Å². The van der Waals surface area contributed by atoms with Crippen LogP contribution in [0.3, 0.4) is 0 Å². The van der Waals surface area contributed by atoms with Crippen LogP contribution in [0.15, 0.2) is 41.4 Å². The van der Waals surface area contributed by atoms with Crippen LogP contribution in [-0.4, -0.2) is 28.3 Å². The van der Waals surface area contributed by atoms with E-state index >= 15 is 0 Å². The lowest BCUT2D eigenvalue weighted by Gasteiger charge is -2.22. The van der Waals surface area contributed by atoms with Crippen LogP contribution < -0.4 is 10.5 Å². The van der Waals surface area contributed by atoms with Crippen molar-refractivity contribution in [3.8, 4) is 17.1 Å². The second-order valence-corrected chi connectivity index (χ2v) is 6.32. The smallest absolute Gasteiger partial charge is 0.220 e. The van der Waals surface area contributed by atoms with Gasteiger partial charge in [0.1, 0.15) is 5.82 Å². The van der Waals surface area contributed by atoms with Gasteiger partial charge in [-0.3, -0.25) is 4.99 Å². The van der Waals surface area contributed by atoms with E-state index in [1.807, 2.05) is 19.1 Å². The molecule has 2 aromatic heterocycles. The number of hydrogen-bond acceptors (Lipinski definition) is 6.